The molecule has 0 radical (unpaired) electrons. The van der Waals surface area contributed by atoms with E-state index in [1.54, 1.807) is 0 Å². The fourth-order valence-corrected chi connectivity index (χ4v) is 4.32. The summed E-state index contributed by atoms with van der Waals surface area (Å²) >= 11 is 0. The first-order valence-corrected chi connectivity index (χ1v) is 9.76. The van der Waals surface area contributed by atoms with E-state index in [0.29, 0.717) is 0 Å². The lowest BCUT2D eigenvalue weighted by Gasteiger charge is -2.37. The number of guanidine groups is 1. The number of likely N-dealkylation sites (tertiary alicyclic amines) is 2. The second-order valence-corrected chi connectivity index (χ2v) is 8.08. The van der Waals surface area contributed by atoms with Gasteiger partial charge in [-0.2, -0.15) is 0 Å². The summed E-state index contributed by atoms with van der Waals surface area (Å²) in [7, 11) is 1.92. The molecule has 0 saturated carbocycles. The van der Waals surface area contributed by atoms with Crippen molar-refractivity contribution in [3.63, 3.8) is 0 Å². The Bertz CT molecular complexity index is 358. The van der Waals surface area contributed by atoms with Gasteiger partial charge in [-0.15, -0.1) is 0 Å². The fourth-order valence-electron chi connectivity index (χ4n) is 4.32. The molecule has 1 N–H and O–H groups in total. The highest BCUT2D eigenvalue weighted by molar-refractivity contribution is 5.79. The van der Waals surface area contributed by atoms with E-state index in [1.807, 2.05) is 7.05 Å². The monoisotopic (exact) mass is 322 g/mol. The van der Waals surface area contributed by atoms with E-state index in [4.69, 9.17) is 0 Å². The van der Waals surface area contributed by atoms with Crippen LogP contribution in [0.1, 0.15) is 52.9 Å². The zero-order valence-electron chi connectivity index (χ0n) is 15.9. The van der Waals surface area contributed by atoms with Gasteiger partial charge in [-0.1, -0.05) is 20.8 Å². The molecule has 0 aromatic heterocycles. The number of nitrogens with one attached hydrogen (secondary N) is 1. The summed E-state index contributed by atoms with van der Waals surface area (Å²) in [4.78, 5) is 9.60. The highest BCUT2D eigenvalue weighted by Gasteiger charge is 2.23. The molecular weight excluding hydrogens is 284 g/mol. The molecule has 0 amide bonds. The van der Waals surface area contributed by atoms with Gasteiger partial charge in [0.15, 0.2) is 5.96 Å². The van der Waals surface area contributed by atoms with Crippen LogP contribution in [-0.4, -0.2) is 62.1 Å². The first-order valence-electron chi connectivity index (χ1n) is 9.76. The quantitative estimate of drug-likeness (QED) is 0.479. The first kappa shape index (κ1) is 18.6. The van der Waals surface area contributed by atoms with Crippen LogP contribution in [0.3, 0.4) is 0 Å². The van der Waals surface area contributed by atoms with E-state index < -0.39 is 0 Å². The highest BCUT2D eigenvalue weighted by atomic mass is 15.3. The van der Waals surface area contributed by atoms with Crippen molar-refractivity contribution in [2.45, 2.75) is 52.9 Å². The average molecular weight is 323 g/mol. The minimum Gasteiger partial charge on any atom is -0.356 e. The molecule has 134 valence electrons. The molecule has 0 aromatic carbocycles. The van der Waals surface area contributed by atoms with Gasteiger partial charge in [0.05, 0.1) is 0 Å². The molecule has 2 fully saturated rings. The van der Waals surface area contributed by atoms with Crippen LogP contribution in [0.25, 0.3) is 0 Å². The lowest BCUT2D eigenvalue weighted by molar-refractivity contribution is 0.181. The van der Waals surface area contributed by atoms with Crippen LogP contribution >= 0.6 is 0 Å². The van der Waals surface area contributed by atoms with Crippen molar-refractivity contribution < 1.29 is 0 Å². The van der Waals surface area contributed by atoms with E-state index >= 15 is 0 Å². The highest BCUT2D eigenvalue weighted by Crippen LogP contribution is 2.20. The SMILES string of the molecule is CN=C(NCCCCN1CCCC(C)C1)N1CC(C)CC(C)C1. The minimum absolute atomic E-state index is 0.776. The molecule has 23 heavy (non-hydrogen) atoms. The second-order valence-electron chi connectivity index (χ2n) is 8.08. The van der Waals surface area contributed by atoms with Gasteiger partial charge in [-0.3, -0.25) is 4.99 Å². The maximum absolute atomic E-state index is 4.50. The Kier molecular flexibility index (Phi) is 7.68. The molecule has 3 unspecified atom stereocenters. The van der Waals surface area contributed by atoms with E-state index in [2.05, 4.69) is 40.9 Å². The predicted molar refractivity (Wildman–Crippen MR) is 100.0 cm³/mol. The van der Waals surface area contributed by atoms with Crippen LogP contribution < -0.4 is 5.32 Å². The molecule has 4 nitrogen and oxygen atoms in total. The van der Waals surface area contributed by atoms with Gasteiger partial charge in [0, 0.05) is 33.2 Å². The first-order chi connectivity index (χ1) is 11.1. The number of hydrogen-bond acceptors (Lipinski definition) is 2. The molecule has 2 saturated heterocycles. The summed E-state index contributed by atoms with van der Waals surface area (Å²) in [5.74, 6) is 3.55. The maximum atomic E-state index is 4.50. The Morgan fingerprint density at radius 2 is 1.78 bits per heavy atom. The Balaban J connectivity index is 1.62. The van der Waals surface area contributed by atoms with Crippen molar-refractivity contribution >= 4 is 5.96 Å². The number of hydrogen-bond donors (Lipinski definition) is 1. The number of piperidine rings is 2. The van der Waals surface area contributed by atoms with Gasteiger partial charge in [0.2, 0.25) is 0 Å². The minimum atomic E-state index is 0.776. The summed E-state index contributed by atoms with van der Waals surface area (Å²) < 4.78 is 0. The Morgan fingerprint density at radius 1 is 1.04 bits per heavy atom. The summed E-state index contributed by atoms with van der Waals surface area (Å²) in [5, 5.41) is 3.58. The van der Waals surface area contributed by atoms with Crippen LogP contribution in [0.4, 0.5) is 0 Å². The molecular formula is C19H38N4. The molecule has 0 aromatic rings. The van der Waals surface area contributed by atoms with E-state index in [0.717, 1.165) is 43.3 Å². The smallest absolute Gasteiger partial charge is 0.193 e. The zero-order valence-corrected chi connectivity index (χ0v) is 15.9. The summed E-state index contributed by atoms with van der Waals surface area (Å²) in [6.07, 6.45) is 6.69. The number of nitrogens with zero attached hydrogens (tertiary/aromatic N) is 3. The van der Waals surface area contributed by atoms with Gasteiger partial charge < -0.3 is 15.1 Å². The largest absolute Gasteiger partial charge is 0.356 e. The Morgan fingerprint density at radius 3 is 2.43 bits per heavy atom. The maximum Gasteiger partial charge on any atom is 0.193 e. The van der Waals surface area contributed by atoms with Gasteiger partial charge >= 0.3 is 0 Å². The van der Waals surface area contributed by atoms with Crippen LogP contribution in [-0.2, 0) is 0 Å². The molecule has 0 spiro atoms. The normalized spacial score (nSPS) is 30.5. The van der Waals surface area contributed by atoms with Gasteiger partial charge in [0.25, 0.3) is 0 Å². The van der Waals surface area contributed by atoms with Crippen LogP contribution in [0.15, 0.2) is 4.99 Å². The molecule has 2 rings (SSSR count). The lowest BCUT2D eigenvalue weighted by Crippen LogP contribution is -2.48. The van der Waals surface area contributed by atoms with Crippen molar-refractivity contribution in [1.82, 2.24) is 15.1 Å². The van der Waals surface area contributed by atoms with Crippen molar-refractivity contribution in [3.8, 4) is 0 Å². The standard InChI is InChI=1S/C19H38N4/c1-16-8-7-11-22(13-16)10-6-5-9-21-19(20-4)23-14-17(2)12-18(3)15-23/h16-18H,5-15H2,1-4H3,(H,20,21). The van der Waals surface area contributed by atoms with Crippen molar-refractivity contribution in [3.05, 3.63) is 0 Å². The van der Waals surface area contributed by atoms with Gasteiger partial charge in [-0.25, -0.2) is 0 Å². The van der Waals surface area contributed by atoms with Crippen molar-refractivity contribution in [1.29, 1.82) is 0 Å². The van der Waals surface area contributed by atoms with Crippen LogP contribution in [0, 0.1) is 17.8 Å². The average Bonchev–Trinajstić information content (AvgIpc) is 2.50. The van der Waals surface area contributed by atoms with Crippen molar-refractivity contribution in [2.75, 3.05) is 46.3 Å². The summed E-state index contributed by atoms with van der Waals surface area (Å²) in [6, 6.07) is 0. The molecule has 0 aliphatic carbocycles. The summed E-state index contributed by atoms with van der Waals surface area (Å²) in [6.45, 7) is 14.3. The van der Waals surface area contributed by atoms with Crippen LogP contribution in [0.5, 0.6) is 0 Å². The van der Waals surface area contributed by atoms with E-state index in [-0.39, 0.29) is 0 Å². The predicted octanol–water partition coefficient (Wildman–Crippen LogP) is 3.05. The van der Waals surface area contributed by atoms with E-state index in [1.165, 1.54) is 51.7 Å². The third-order valence-corrected chi connectivity index (χ3v) is 5.31. The van der Waals surface area contributed by atoms with E-state index in [9.17, 15) is 0 Å². The third-order valence-electron chi connectivity index (χ3n) is 5.31. The zero-order chi connectivity index (χ0) is 16.7. The fraction of sp³-hybridized carbons (Fsp3) is 0.947. The Hall–Kier alpha value is -0.770. The topological polar surface area (TPSA) is 30.9 Å². The number of rotatable bonds is 5. The molecule has 4 heteroatoms. The molecule has 2 aliphatic rings. The molecule has 3 atom stereocenters. The van der Waals surface area contributed by atoms with Gasteiger partial charge in [0.1, 0.15) is 0 Å². The lowest BCUT2D eigenvalue weighted by atomic mass is 9.92. The summed E-state index contributed by atoms with van der Waals surface area (Å²) in [5.41, 5.74) is 0. The number of unbranched alkanes of at least 4 members (excludes halogenated alkanes) is 1. The second kappa shape index (κ2) is 9.51. The molecule has 0 bridgehead atoms. The molecule has 2 heterocycles. The van der Waals surface area contributed by atoms with Crippen molar-refractivity contribution in [2.24, 2.45) is 22.7 Å². The number of aliphatic imine (C=N–C) groups is 1. The third kappa shape index (κ3) is 6.33. The Labute approximate surface area is 143 Å². The van der Waals surface area contributed by atoms with Crippen LogP contribution in [0.2, 0.25) is 0 Å². The van der Waals surface area contributed by atoms with Gasteiger partial charge in [-0.05, 0) is 62.9 Å². The molecule has 2 aliphatic heterocycles.